The zero-order valence-corrected chi connectivity index (χ0v) is 11.7. The number of carbonyl (C=O) groups excluding carboxylic acids is 1. The molecule has 0 atom stereocenters. The molecular weight excluding hydrogens is 258 g/mol. The SMILES string of the molecule is COc1ccc(CCNCC(=O)NCC#N)cc1OC. The summed E-state index contributed by atoms with van der Waals surface area (Å²) in [5.41, 5.74) is 1.09. The van der Waals surface area contributed by atoms with Gasteiger partial charge in [-0.2, -0.15) is 5.26 Å². The second-order valence-electron chi connectivity index (χ2n) is 4.05. The van der Waals surface area contributed by atoms with Gasteiger partial charge in [0, 0.05) is 0 Å². The van der Waals surface area contributed by atoms with Crippen LogP contribution < -0.4 is 20.1 Å². The zero-order valence-electron chi connectivity index (χ0n) is 11.7. The van der Waals surface area contributed by atoms with Gasteiger partial charge in [0.15, 0.2) is 11.5 Å². The van der Waals surface area contributed by atoms with Gasteiger partial charge in [0.2, 0.25) is 5.91 Å². The van der Waals surface area contributed by atoms with E-state index < -0.39 is 0 Å². The Morgan fingerprint density at radius 3 is 2.70 bits per heavy atom. The molecular formula is C14H19N3O3. The Morgan fingerprint density at radius 1 is 1.30 bits per heavy atom. The lowest BCUT2D eigenvalue weighted by Crippen LogP contribution is -2.34. The number of nitrogens with zero attached hydrogens (tertiary/aromatic N) is 1. The van der Waals surface area contributed by atoms with Crippen molar-refractivity contribution >= 4 is 5.91 Å². The number of carbonyl (C=O) groups is 1. The molecule has 0 radical (unpaired) electrons. The molecule has 0 aromatic heterocycles. The Bertz CT molecular complexity index is 483. The lowest BCUT2D eigenvalue weighted by molar-refractivity contribution is -0.120. The van der Waals surface area contributed by atoms with E-state index in [0.717, 1.165) is 12.0 Å². The van der Waals surface area contributed by atoms with Crippen LogP contribution in [-0.2, 0) is 11.2 Å². The Kier molecular flexibility index (Phi) is 6.93. The molecule has 0 aliphatic carbocycles. The van der Waals surface area contributed by atoms with Gasteiger partial charge >= 0.3 is 0 Å². The molecule has 6 nitrogen and oxygen atoms in total. The molecule has 1 aromatic rings. The fourth-order valence-electron chi connectivity index (χ4n) is 1.67. The molecule has 0 aliphatic rings. The fourth-order valence-corrected chi connectivity index (χ4v) is 1.67. The van der Waals surface area contributed by atoms with Crippen molar-refractivity contribution in [1.82, 2.24) is 10.6 Å². The van der Waals surface area contributed by atoms with Gasteiger partial charge in [0.25, 0.3) is 0 Å². The number of ether oxygens (including phenoxy) is 2. The number of nitriles is 1. The number of benzene rings is 1. The van der Waals surface area contributed by atoms with Crippen molar-refractivity contribution in [2.45, 2.75) is 6.42 Å². The Balaban J connectivity index is 2.35. The standard InChI is InChI=1S/C14H19N3O3/c1-19-12-4-3-11(9-13(12)20-2)5-7-16-10-14(18)17-8-6-15/h3-4,9,16H,5,7-8,10H2,1-2H3,(H,17,18). The number of nitrogens with one attached hydrogen (secondary N) is 2. The first-order valence-corrected chi connectivity index (χ1v) is 6.26. The summed E-state index contributed by atoms with van der Waals surface area (Å²) in [6.45, 7) is 0.903. The number of methoxy groups -OCH3 is 2. The second kappa shape index (κ2) is 8.77. The molecule has 0 saturated heterocycles. The van der Waals surface area contributed by atoms with Crippen LogP contribution in [0.15, 0.2) is 18.2 Å². The van der Waals surface area contributed by atoms with Crippen molar-refractivity contribution in [1.29, 1.82) is 5.26 Å². The van der Waals surface area contributed by atoms with Gasteiger partial charge in [-0.3, -0.25) is 4.79 Å². The van der Waals surface area contributed by atoms with Crippen molar-refractivity contribution in [3.05, 3.63) is 23.8 Å². The van der Waals surface area contributed by atoms with Crippen LogP contribution in [0.5, 0.6) is 11.5 Å². The quantitative estimate of drug-likeness (QED) is 0.533. The third kappa shape index (κ3) is 5.16. The van der Waals surface area contributed by atoms with Gasteiger partial charge in [0.1, 0.15) is 6.54 Å². The third-order valence-electron chi connectivity index (χ3n) is 2.69. The predicted octanol–water partition coefficient (Wildman–Crippen LogP) is 0.476. The van der Waals surface area contributed by atoms with Crippen LogP contribution in [0.3, 0.4) is 0 Å². The Labute approximate surface area is 118 Å². The molecule has 0 fully saturated rings. The predicted molar refractivity (Wildman–Crippen MR) is 74.7 cm³/mol. The molecule has 108 valence electrons. The summed E-state index contributed by atoms with van der Waals surface area (Å²) in [6.07, 6.45) is 0.770. The number of rotatable bonds is 8. The lowest BCUT2D eigenvalue weighted by Gasteiger charge is -2.10. The minimum Gasteiger partial charge on any atom is -0.493 e. The highest BCUT2D eigenvalue weighted by Crippen LogP contribution is 2.27. The molecule has 0 aliphatic heterocycles. The van der Waals surface area contributed by atoms with E-state index in [-0.39, 0.29) is 19.0 Å². The summed E-state index contributed by atoms with van der Waals surface area (Å²) in [5, 5.41) is 13.8. The van der Waals surface area contributed by atoms with E-state index in [4.69, 9.17) is 14.7 Å². The topological polar surface area (TPSA) is 83.4 Å². The average Bonchev–Trinajstić information content (AvgIpc) is 2.49. The summed E-state index contributed by atoms with van der Waals surface area (Å²) in [4.78, 5) is 11.2. The van der Waals surface area contributed by atoms with Gasteiger partial charge in [-0.05, 0) is 30.7 Å². The van der Waals surface area contributed by atoms with Crippen molar-refractivity contribution in [2.75, 3.05) is 33.9 Å². The Morgan fingerprint density at radius 2 is 2.05 bits per heavy atom. The van der Waals surface area contributed by atoms with Crippen LogP contribution in [0.1, 0.15) is 5.56 Å². The highest BCUT2D eigenvalue weighted by molar-refractivity contribution is 5.78. The van der Waals surface area contributed by atoms with Crippen LogP contribution in [0.2, 0.25) is 0 Å². The normalized spacial score (nSPS) is 9.65. The van der Waals surface area contributed by atoms with Crippen molar-refractivity contribution < 1.29 is 14.3 Å². The van der Waals surface area contributed by atoms with Crippen LogP contribution >= 0.6 is 0 Å². The first kappa shape index (κ1) is 15.8. The van der Waals surface area contributed by atoms with Gasteiger partial charge in [0.05, 0.1) is 26.8 Å². The minimum absolute atomic E-state index is 0.0379. The monoisotopic (exact) mass is 277 g/mol. The van der Waals surface area contributed by atoms with Gasteiger partial charge in [-0.25, -0.2) is 0 Å². The van der Waals surface area contributed by atoms with E-state index in [2.05, 4.69) is 10.6 Å². The van der Waals surface area contributed by atoms with E-state index in [1.54, 1.807) is 14.2 Å². The van der Waals surface area contributed by atoms with Crippen molar-refractivity contribution in [3.63, 3.8) is 0 Å². The highest BCUT2D eigenvalue weighted by atomic mass is 16.5. The molecule has 0 spiro atoms. The van der Waals surface area contributed by atoms with Crippen LogP contribution in [-0.4, -0.2) is 39.8 Å². The molecule has 0 unspecified atom stereocenters. The van der Waals surface area contributed by atoms with E-state index >= 15 is 0 Å². The third-order valence-corrected chi connectivity index (χ3v) is 2.69. The number of hydrogen-bond acceptors (Lipinski definition) is 5. The average molecular weight is 277 g/mol. The summed E-state index contributed by atoms with van der Waals surface area (Å²) in [6, 6.07) is 7.58. The van der Waals surface area contributed by atoms with E-state index in [1.807, 2.05) is 24.3 Å². The van der Waals surface area contributed by atoms with Crippen LogP contribution in [0.25, 0.3) is 0 Å². The summed E-state index contributed by atoms with van der Waals surface area (Å²) < 4.78 is 10.4. The van der Waals surface area contributed by atoms with E-state index in [9.17, 15) is 4.79 Å². The van der Waals surface area contributed by atoms with Gasteiger partial charge < -0.3 is 20.1 Å². The maximum absolute atomic E-state index is 11.2. The lowest BCUT2D eigenvalue weighted by atomic mass is 10.1. The highest BCUT2D eigenvalue weighted by Gasteiger charge is 2.04. The number of amides is 1. The molecule has 1 aromatic carbocycles. The molecule has 2 N–H and O–H groups in total. The van der Waals surface area contributed by atoms with E-state index in [0.29, 0.717) is 18.0 Å². The van der Waals surface area contributed by atoms with E-state index in [1.165, 1.54) is 0 Å². The maximum Gasteiger partial charge on any atom is 0.234 e. The minimum atomic E-state index is -0.182. The first-order valence-electron chi connectivity index (χ1n) is 6.26. The fraction of sp³-hybridized carbons (Fsp3) is 0.429. The smallest absolute Gasteiger partial charge is 0.234 e. The maximum atomic E-state index is 11.2. The zero-order chi connectivity index (χ0) is 14.8. The van der Waals surface area contributed by atoms with Gasteiger partial charge in [-0.1, -0.05) is 6.07 Å². The van der Waals surface area contributed by atoms with Gasteiger partial charge in [-0.15, -0.1) is 0 Å². The van der Waals surface area contributed by atoms with Crippen LogP contribution in [0.4, 0.5) is 0 Å². The molecule has 0 bridgehead atoms. The number of hydrogen-bond donors (Lipinski definition) is 2. The molecule has 1 rings (SSSR count). The molecule has 20 heavy (non-hydrogen) atoms. The van der Waals surface area contributed by atoms with Crippen LogP contribution in [0, 0.1) is 11.3 Å². The van der Waals surface area contributed by atoms with Crippen molar-refractivity contribution in [2.24, 2.45) is 0 Å². The summed E-state index contributed by atoms with van der Waals surface area (Å²) in [7, 11) is 3.19. The first-order chi connectivity index (χ1) is 9.71. The largest absolute Gasteiger partial charge is 0.493 e. The second-order valence-corrected chi connectivity index (χ2v) is 4.05. The molecule has 1 amide bonds. The molecule has 0 heterocycles. The Hall–Kier alpha value is -2.26. The summed E-state index contributed by atoms with van der Waals surface area (Å²) >= 11 is 0. The van der Waals surface area contributed by atoms with Crippen molar-refractivity contribution in [3.8, 4) is 17.6 Å². The molecule has 6 heteroatoms. The summed E-state index contributed by atoms with van der Waals surface area (Å²) in [5.74, 6) is 1.20. The molecule has 0 saturated carbocycles.